The minimum absolute atomic E-state index is 0.201. The first-order chi connectivity index (χ1) is 9.58. The van der Waals surface area contributed by atoms with Gasteiger partial charge in [-0.05, 0) is 12.1 Å². The van der Waals surface area contributed by atoms with E-state index in [2.05, 4.69) is 25.9 Å². The third-order valence-electron chi connectivity index (χ3n) is 2.75. The zero-order valence-corrected chi connectivity index (χ0v) is 12.5. The van der Waals surface area contributed by atoms with Crippen molar-refractivity contribution < 1.29 is 13.9 Å². The lowest BCUT2D eigenvalue weighted by atomic mass is 10.0. The summed E-state index contributed by atoms with van der Waals surface area (Å²) in [6, 6.07) is 3.83. The Hall–Kier alpha value is -1.73. The molecule has 0 fully saturated rings. The zero-order chi connectivity index (χ0) is 14.7. The van der Waals surface area contributed by atoms with Gasteiger partial charge in [-0.25, -0.2) is 9.37 Å². The van der Waals surface area contributed by atoms with Crippen molar-refractivity contribution in [2.45, 2.75) is 6.04 Å². The highest BCUT2D eigenvalue weighted by Crippen LogP contribution is 2.32. The number of hydrogen-bond acceptors (Lipinski definition) is 5. The van der Waals surface area contributed by atoms with Crippen LogP contribution in [0, 0.1) is 5.82 Å². The first kappa shape index (κ1) is 14.7. The molecule has 0 bridgehead atoms. The van der Waals surface area contributed by atoms with E-state index in [1.165, 1.54) is 26.5 Å². The fourth-order valence-electron chi connectivity index (χ4n) is 1.77. The van der Waals surface area contributed by atoms with Crippen LogP contribution in [0.15, 0.2) is 28.9 Å². The van der Waals surface area contributed by atoms with Gasteiger partial charge in [-0.3, -0.25) is 0 Å². The Morgan fingerprint density at radius 2 is 2.05 bits per heavy atom. The standard InChI is InChI=1S/C13H13BrFN3O2/c1-19-9-6-17-12(13(18-9)20-2)11(16)10-7(14)4-3-5-8(10)15/h3-6,11H,16H2,1-2H3. The van der Waals surface area contributed by atoms with Crippen LogP contribution in [0.5, 0.6) is 11.8 Å². The average Bonchev–Trinajstić information content (AvgIpc) is 2.46. The molecule has 1 heterocycles. The summed E-state index contributed by atoms with van der Waals surface area (Å²) in [6.45, 7) is 0. The van der Waals surface area contributed by atoms with E-state index in [1.54, 1.807) is 12.1 Å². The molecule has 0 aliphatic carbocycles. The number of benzene rings is 1. The number of ether oxygens (including phenoxy) is 2. The molecule has 0 saturated heterocycles. The van der Waals surface area contributed by atoms with Gasteiger partial charge in [-0.1, -0.05) is 22.0 Å². The number of rotatable bonds is 4. The number of hydrogen-bond donors (Lipinski definition) is 1. The Morgan fingerprint density at radius 1 is 1.30 bits per heavy atom. The van der Waals surface area contributed by atoms with Gasteiger partial charge in [0.25, 0.3) is 0 Å². The summed E-state index contributed by atoms with van der Waals surface area (Å²) in [7, 11) is 2.91. The number of nitrogens with two attached hydrogens (primary N) is 1. The van der Waals surface area contributed by atoms with Crippen LogP contribution in [0.3, 0.4) is 0 Å². The molecule has 1 unspecified atom stereocenters. The summed E-state index contributed by atoms with van der Waals surface area (Å²) in [4.78, 5) is 8.24. The smallest absolute Gasteiger partial charge is 0.240 e. The molecule has 7 heteroatoms. The zero-order valence-electron chi connectivity index (χ0n) is 10.9. The Balaban J connectivity index is 2.50. The largest absolute Gasteiger partial charge is 0.480 e. The molecule has 2 rings (SSSR count). The fraction of sp³-hybridized carbons (Fsp3) is 0.231. The summed E-state index contributed by atoms with van der Waals surface area (Å²) in [6.07, 6.45) is 1.41. The molecular formula is C13H13BrFN3O2. The lowest BCUT2D eigenvalue weighted by Crippen LogP contribution is -2.17. The van der Waals surface area contributed by atoms with Crippen molar-refractivity contribution in [1.82, 2.24) is 9.97 Å². The van der Waals surface area contributed by atoms with Crippen molar-refractivity contribution in [3.8, 4) is 11.8 Å². The van der Waals surface area contributed by atoms with E-state index < -0.39 is 11.9 Å². The summed E-state index contributed by atoms with van der Waals surface area (Å²) in [5, 5.41) is 0. The Kier molecular flexibility index (Phi) is 4.51. The topological polar surface area (TPSA) is 70.3 Å². The molecular weight excluding hydrogens is 329 g/mol. The van der Waals surface area contributed by atoms with Crippen LogP contribution in [0.4, 0.5) is 4.39 Å². The molecule has 2 N–H and O–H groups in total. The van der Waals surface area contributed by atoms with Crippen molar-refractivity contribution in [3.63, 3.8) is 0 Å². The maximum Gasteiger partial charge on any atom is 0.240 e. The normalized spacial score (nSPS) is 12.1. The molecule has 2 aromatic rings. The summed E-state index contributed by atoms with van der Waals surface area (Å²) >= 11 is 3.29. The van der Waals surface area contributed by atoms with Crippen LogP contribution in [0.1, 0.15) is 17.3 Å². The molecule has 1 aromatic carbocycles. The number of halogens is 2. The predicted molar refractivity (Wildman–Crippen MR) is 75.3 cm³/mol. The van der Waals surface area contributed by atoms with Gasteiger partial charge < -0.3 is 15.2 Å². The molecule has 0 aliphatic rings. The minimum Gasteiger partial charge on any atom is -0.480 e. The maximum absolute atomic E-state index is 13.9. The van der Waals surface area contributed by atoms with Gasteiger partial charge in [0.1, 0.15) is 11.5 Å². The Morgan fingerprint density at radius 3 is 2.65 bits per heavy atom. The van der Waals surface area contributed by atoms with Gasteiger partial charge in [-0.15, -0.1) is 0 Å². The monoisotopic (exact) mass is 341 g/mol. The maximum atomic E-state index is 13.9. The molecule has 106 valence electrons. The third-order valence-corrected chi connectivity index (χ3v) is 3.44. The van der Waals surface area contributed by atoms with E-state index in [0.717, 1.165) is 0 Å². The van der Waals surface area contributed by atoms with Gasteiger partial charge in [0.05, 0.1) is 26.5 Å². The predicted octanol–water partition coefficient (Wildman–Crippen LogP) is 2.44. The van der Waals surface area contributed by atoms with Gasteiger partial charge in [0.2, 0.25) is 11.8 Å². The second-order valence-corrected chi connectivity index (χ2v) is 4.77. The van der Waals surface area contributed by atoms with E-state index in [4.69, 9.17) is 15.2 Å². The molecule has 1 atom stereocenters. The van der Waals surface area contributed by atoms with Gasteiger partial charge in [0, 0.05) is 10.0 Å². The molecule has 1 aromatic heterocycles. The van der Waals surface area contributed by atoms with Crippen LogP contribution in [0.2, 0.25) is 0 Å². The van der Waals surface area contributed by atoms with E-state index in [1.807, 2.05) is 0 Å². The number of nitrogens with zero attached hydrogens (tertiary/aromatic N) is 2. The fourth-order valence-corrected chi connectivity index (χ4v) is 2.36. The highest BCUT2D eigenvalue weighted by molar-refractivity contribution is 9.10. The number of aromatic nitrogens is 2. The van der Waals surface area contributed by atoms with Crippen molar-refractivity contribution in [1.29, 1.82) is 0 Å². The molecule has 0 radical (unpaired) electrons. The quantitative estimate of drug-likeness (QED) is 0.924. The van der Waals surface area contributed by atoms with Crippen molar-refractivity contribution in [2.75, 3.05) is 14.2 Å². The molecule has 0 saturated carbocycles. The van der Waals surface area contributed by atoms with Crippen LogP contribution in [-0.2, 0) is 0 Å². The number of methoxy groups -OCH3 is 2. The van der Waals surface area contributed by atoms with Crippen LogP contribution in [-0.4, -0.2) is 24.2 Å². The van der Waals surface area contributed by atoms with E-state index in [-0.39, 0.29) is 5.88 Å². The van der Waals surface area contributed by atoms with Crippen molar-refractivity contribution >= 4 is 15.9 Å². The minimum atomic E-state index is -0.807. The van der Waals surface area contributed by atoms with Crippen LogP contribution in [0.25, 0.3) is 0 Å². The highest BCUT2D eigenvalue weighted by Gasteiger charge is 2.22. The molecule has 20 heavy (non-hydrogen) atoms. The average molecular weight is 342 g/mol. The Labute approximate surface area is 124 Å². The van der Waals surface area contributed by atoms with Crippen molar-refractivity contribution in [3.05, 3.63) is 45.9 Å². The van der Waals surface area contributed by atoms with Gasteiger partial charge in [-0.2, -0.15) is 4.98 Å². The van der Waals surface area contributed by atoms with Crippen molar-refractivity contribution in [2.24, 2.45) is 5.73 Å². The van der Waals surface area contributed by atoms with Gasteiger partial charge >= 0.3 is 0 Å². The Bertz CT molecular complexity index is 604. The summed E-state index contributed by atoms with van der Waals surface area (Å²) in [5.41, 5.74) is 6.72. The lowest BCUT2D eigenvalue weighted by Gasteiger charge is -2.16. The highest BCUT2D eigenvalue weighted by atomic mass is 79.9. The van der Waals surface area contributed by atoms with E-state index in [9.17, 15) is 4.39 Å². The first-order valence-electron chi connectivity index (χ1n) is 5.73. The second kappa shape index (κ2) is 6.15. The second-order valence-electron chi connectivity index (χ2n) is 3.92. The third kappa shape index (κ3) is 2.73. The van der Waals surface area contributed by atoms with Crippen LogP contribution < -0.4 is 15.2 Å². The van der Waals surface area contributed by atoms with E-state index in [0.29, 0.717) is 21.6 Å². The molecule has 5 nitrogen and oxygen atoms in total. The summed E-state index contributed by atoms with van der Waals surface area (Å²) < 4.78 is 24.6. The van der Waals surface area contributed by atoms with Crippen LogP contribution >= 0.6 is 15.9 Å². The SMILES string of the molecule is COc1cnc(C(N)c2c(F)cccc2Br)c(OC)n1. The lowest BCUT2D eigenvalue weighted by molar-refractivity contribution is 0.355. The first-order valence-corrected chi connectivity index (χ1v) is 6.52. The van der Waals surface area contributed by atoms with Gasteiger partial charge in [0.15, 0.2) is 0 Å². The molecule has 0 aliphatic heterocycles. The molecule has 0 amide bonds. The molecule has 0 spiro atoms. The van der Waals surface area contributed by atoms with E-state index >= 15 is 0 Å². The summed E-state index contributed by atoms with van der Waals surface area (Å²) in [5.74, 6) is 0.0731.